The van der Waals surface area contributed by atoms with Gasteiger partial charge < -0.3 is 15.1 Å². The van der Waals surface area contributed by atoms with E-state index in [9.17, 15) is 9.59 Å². The fourth-order valence-corrected chi connectivity index (χ4v) is 6.01. The van der Waals surface area contributed by atoms with Crippen molar-refractivity contribution < 1.29 is 9.59 Å². The zero-order valence-electron chi connectivity index (χ0n) is 21.7. The molecule has 5 nitrogen and oxygen atoms in total. The second kappa shape index (κ2) is 11.7. The number of benzene rings is 2. The minimum absolute atomic E-state index is 0.0125. The first-order valence-electron chi connectivity index (χ1n) is 12.9. The van der Waals surface area contributed by atoms with E-state index in [1.165, 1.54) is 11.3 Å². The zero-order valence-corrected chi connectivity index (χ0v) is 22.6. The fourth-order valence-electron chi connectivity index (χ4n) is 5.13. The monoisotopic (exact) mass is 503 g/mol. The highest BCUT2D eigenvalue weighted by Crippen LogP contribution is 2.44. The molecule has 2 atom stereocenters. The Morgan fingerprint density at radius 1 is 1.11 bits per heavy atom. The molecule has 0 unspecified atom stereocenters. The third-order valence-corrected chi connectivity index (χ3v) is 7.71. The van der Waals surface area contributed by atoms with Gasteiger partial charge in [0.1, 0.15) is 0 Å². The van der Waals surface area contributed by atoms with Gasteiger partial charge in [-0.15, -0.1) is 11.3 Å². The topological polar surface area (TPSA) is 52.7 Å². The van der Waals surface area contributed by atoms with Crippen LogP contribution in [0.15, 0.2) is 66.0 Å². The second-order valence-electron chi connectivity index (χ2n) is 9.94. The van der Waals surface area contributed by atoms with Crippen molar-refractivity contribution in [2.24, 2.45) is 5.92 Å². The van der Waals surface area contributed by atoms with E-state index in [1.807, 2.05) is 46.7 Å². The van der Waals surface area contributed by atoms with E-state index in [-0.39, 0.29) is 17.9 Å². The van der Waals surface area contributed by atoms with Crippen LogP contribution in [0.1, 0.15) is 65.5 Å². The minimum Gasteiger partial charge on any atom is -0.372 e. The van der Waals surface area contributed by atoms with Gasteiger partial charge >= 0.3 is 0 Å². The van der Waals surface area contributed by atoms with Crippen molar-refractivity contribution in [3.63, 3.8) is 0 Å². The first-order chi connectivity index (χ1) is 17.4. The summed E-state index contributed by atoms with van der Waals surface area (Å²) in [6, 6.07) is 19.9. The molecule has 0 radical (unpaired) electrons. The smallest absolute Gasteiger partial charge is 0.254 e. The largest absolute Gasteiger partial charge is 0.372 e. The van der Waals surface area contributed by atoms with Crippen LogP contribution in [0.25, 0.3) is 0 Å². The van der Waals surface area contributed by atoms with Crippen molar-refractivity contribution in [3.8, 4) is 0 Å². The zero-order chi connectivity index (χ0) is 25.7. The number of fused-ring (bicyclic) bond motifs is 1. The second-order valence-corrected chi connectivity index (χ2v) is 10.9. The maximum Gasteiger partial charge on any atom is 0.254 e. The Morgan fingerprint density at radius 2 is 1.92 bits per heavy atom. The van der Waals surface area contributed by atoms with E-state index in [1.54, 1.807) is 11.3 Å². The van der Waals surface area contributed by atoms with Gasteiger partial charge in [-0.2, -0.15) is 0 Å². The molecule has 36 heavy (non-hydrogen) atoms. The Labute approximate surface area is 219 Å². The van der Waals surface area contributed by atoms with E-state index < -0.39 is 5.92 Å². The van der Waals surface area contributed by atoms with Crippen LogP contribution < -0.4 is 10.2 Å². The SMILES string of the molecule is CCN(CCCNC(=O)[C@H]1c2ccccc2C(=O)N(CC(C)C)[C@H]1c1cccs1)c1cccc(C)c1. The van der Waals surface area contributed by atoms with Gasteiger partial charge in [-0.05, 0) is 67.0 Å². The molecule has 0 fully saturated rings. The van der Waals surface area contributed by atoms with Crippen LogP contribution in [0, 0.1) is 12.8 Å². The fraction of sp³-hybridized carbons (Fsp3) is 0.400. The number of thiophene rings is 1. The molecular formula is C30H37N3O2S. The Bertz CT molecular complexity index is 1170. The normalized spacial score (nSPS) is 17.2. The predicted octanol–water partition coefficient (Wildman–Crippen LogP) is 6.03. The lowest BCUT2D eigenvalue weighted by molar-refractivity contribution is -0.124. The number of carbonyl (C=O) groups excluding carboxylic acids is 2. The highest BCUT2D eigenvalue weighted by molar-refractivity contribution is 7.10. The molecule has 2 amide bonds. The number of carbonyl (C=O) groups is 2. The van der Waals surface area contributed by atoms with E-state index in [0.29, 0.717) is 24.6 Å². The molecule has 1 aromatic heterocycles. The molecule has 0 saturated heterocycles. The number of nitrogens with zero attached hydrogens (tertiary/aromatic N) is 2. The first-order valence-corrected chi connectivity index (χ1v) is 13.8. The van der Waals surface area contributed by atoms with Gasteiger partial charge in [0.05, 0.1) is 12.0 Å². The summed E-state index contributed by atoms with van der Waals surface area (Å²) in [4.78, 5) is 32.6. The average molecular weight is 504 g/mol. The summed E-state index contributed by atoms with van der Waals surface area (Å²) < 4.78 is 0. The van der Waals surface area contributed by atoms with Crippen LogP contribution in [-0.4, -0.2) is 42.9 Å². The van der Waals surface area contributed by atoms with Crippen LogP contribution in [0.5, 0.6) is 0 Å². The maximum absolute atomic E-state index is 13.8. The number of hydrogen-bond donors (Lipinski definition) is 1. The quantitative estimate of drug-likeness (QED) is 0.344. The first kappa shape index (κ1) is 26.0. The van der Waals surface area contributed by atoms with E-state index in [2.05, 4.69) is 62.2 Å². The van der Waals surface area contributed by atoms with Crippen LogP contribution in [0.3, 0.4) is 0 Å². The molecule has 4 rings (SSSR count). The molecule has 190 valence electrons. The van der Waals surface area contributed by atoms with Crippen molar-refractivity contribution in [2.75, 3.05) is 31.1 Å². The Balaban J connectivity index is 1.53. The molecule has 2 aromatic carbocycles. The number of rotatable bonds is 10. The van der Waals surface area contributed by atoms with Crippen LogP contribution in [0.2, 0.25) is 0 Å². The van der Waals surface area contributed by atoms with Crippen LogP contribution in [-0.2, 0) is 4.79 Å². The number of anilines is 1. The molecule has 6 heteroatoms. The lowest BCUT2D eigenvalue weighted by Crippen LogP contribution is -2.48. The van der Waals surface area contributed by atoms with Crippen LogP contribution in [0.4, 0.5) is 5.69 Å². The molecule has 0 saturated carbocycles. The van der Waals surface area contributed by atoms with Crippen molar-refractivity contribution >= 4 is 28.8 Å². The molecule has 0 spiro atoms. The predicted molar refractivity (Wildman–Crippen MR) is 149 cm³/mol. The van der Waals surface area contributed by atoms with Crippen LogP contribution >= 0.6 is 11.3 Å². The summed E-state index contributed by atoms with van der Waals surface area (Å²) in [5, 5.41) is 5.24. The molecule has 1 aliphatic rings. The number of hydrogen-bond acceptors (Lipinski definition) is 4. The summed E-state index contributed by atoms with van der Waals surface area (Å²) in [6.45, 7) is 11.5. The number of nitrogens with one attached hydrogen (secondary N) is 1. The van der Waals surface area contributed by atoms with E-state index in [0.717, 1.165) is 30.0 Å². The summed E-state index contributed by atoms with van der Waals surface area (Å²) in [6.07, 6.45) is 0.847. The standard InChI is InChI=1S/C30H37N3O2S/c1-5-32(23-12-8-11-22(4)19-23)17-10-16-31-29(34)27-24-13-6-7-14-25(24)30(35)33(20-21(2)3)28(27)26-15-9-18-36-26/h6-9,11-15,18-19,21,27-28H,5,10,16-17,20H2,1-4H3,(H,31,34)/t27-,28-/m0/s1. The van der Waals surface area contributed by atoms with Crippen molar-refractivity contribution in [2.45, 2.75) is 46.1 Å². The van der Waals surface area contributed by atoms with Gasteiger partial charge in [0.25, 0.3) is 5.91 Å². The van der Waals surface area contributed by atoms with E-state index >= 15 is 0 Å². The molecule has 0 bridgehead atoms. The molecule has 0 aliphatic carbocycles. The molecule has 1 aliphatic heterocycles. The number of amides is 2. The lowest BCUT2D eigenvalue weighted by atomic mass is 9.81. The van der Waals surface area contributed by atoms with Gasteiger partial charge in [-0.1, -0.05) is 50.2 Å². The van der Waals surface area contributed by atoms with Gasteiger partial charge in [0.2, 0.25) is 5.91 Å². The number of aryl methyl sites for hydroxylation is 1. The van der Waals surface area contributed by atoms with Gasteiger partial charge in [-0.3, -0.25) is 9.59 Å². The third kappa shape index (κ3) is 5.65. The molecule has 1 N–H and O–H groups in total. The Morgan fingerprint density at radius 3 is 2.61 bits per heavy atom. The summed E-state index contributed by atoms with van der Waals surface area (Å²) in [5.41, 5.74) is 3.93. The minimum atomic E-state index is -0.435. The van der Waals surface area contributed by atoms with Crippen molar-refractivity contribution in [1.82, 2.24) is 10.2 Å². The van der Waals surface area contributed by atoms with E-state index in [4.69, 9.17) is 0 Å². The van der Waals surface area contributed by atoms with Crippen molar-refractivity contribution in [1.29, 1.82) is 0 Å². The summed E-state index contributed by atoms with van der Waals surface area (Å²) in [5.74, 6) is -0.137. The van der Waals surface area contributed by atoms with Gasteiger partial charge in [0.15, 0.2) is 0 Å². The van der Waals surface area contributed by atoms with Gasteiger partial charge in [-0.25, -0.2) is 0 Å². The van der Waals surface area contributed by atoms with Crippen molar-refractivity contribution in [3.05, 3.63) is 87.6 Å². The summed E-state index contributed by atoms with van der Waals surface area (Å²) >= 11 is 1.61. The highest BCUT2D eigenvalue weighted by atomic mass is 32.1. The Kier molecular flexibility index (Phi) is 8.47. The van der Waals surface area contributed by atoms with Gasteiger partial charge in [0, 0.05) is 42.3 Å². The molecule has 3 aromatic rings. The molecule has 2 heterocycles. The maximum atomic E-state index is 13.8. The summed E-state index contributed by atoms with van der Waals surface area (Å²) in [7, 11) is 0. The third-order valence-electron chi connectivity index (χ3n) is 6.77. The lowest BCUT2D eigenvalue weighted by Gasteiger charge is -2.42. The Hall–Kier alpha value is -3.12. The highest BCUT2D eigenvalue weighted by Gasteiger charge is 2.44. The average Bonchev–Trinajstić information content (AvgIpc) is 3.40. The molecular weight excluding hydrogens is 466 g/mol.